The van der Waals surface area contributed by atoms with Crippen LogP contribution < -0.4 is 10.2 Å². The van der Waals surface area contributed by atoms with Gasteiger partial charge in [-0.05, 0) is 38.0 Å². The van der Waals surface area contributed by atoms with Crippen molar-refractivity contribution in [3.05, 3.63) is 28.8 Å². The van der Waals surface area contributed by atoms with Crippen molar-refractivity contribution in [1.29, 1.82) is 0 Å². The average Bonchev–Trinajstić information content (AvgIpc) is 2.92. The van der Waals surface area contributed by atoms with Crippen molar-refractivity contribution in [2.45, 2.75) is 26.2 Å². The molecule has 5 nitrogen and oxygen atoms in total. The molecule has 0 radical (unpaired) electrons. The van der Waals surface area contributed by atoms with Crippen molar-refractivity contribution in [3.63, 3.8) is 0 Å². The minimum Gasteiger partial charge on any atom is -0.382 e. The van der Waals surface area contributed by atoms with Crippen LogP contribution in [-0.4, -0.2) is 38.1 Å². The molecule has 1 fully saturated rings. The Bertz CT molecular complexity index is 548. The number of anilines is 1. The highest BCUT2D eigenvalue weighted by Crippen LogP contribution is 2.28. The van der Waals surface area contributed by atoms with Gasteiger partial charge in [0.2, 0.25) is 5.91 Å². The summed E-state index contributed by atoms with van der Waals surface area (Å²) in [5.41, 5.74) is 1.08. The van der Waals surface area contributed by atoms with Crippen LogP contribution in [0.3, 0.4) is 0 Å². The molecule has 2 amide bonds. The van der Waals surface area contributed by atoms with Gasteiger partial charge in [0.15, 0.2) is 0 Å². The van der Waals surface area contributed by atoms with E-state index < -0.39 is 0 Å². The van der Waals surface area contributed by atoms with Crippen LogP contribution in [0, 0.1) is 0 Å². The predicted molar refractivity (Wildman–Crippen MR) is 86.5 cm³/mol. The number of ether oxygens (including phenoxy) is 1. The van der Waals surface area contributed by atoms with E-state index in [4.69, 9.17) is 16.3 Å². The topological polar surface area (TPSA) is 58.6 Å². The Balaban J connectivity index is 2.06. The molecule has 6 heteroatoms. The molecule has 2 rings (SSSR count). The Morgan fingerprint density at radius 3 is 2.95 bits per heavy atom. The summed E-state index contributed by atoms with van der Waals surface area (Å²) in [4.78, 5) is 25.9. The lowest BCUT2D eigenvalue weighted by Crippen LogP contribution is -2.30. The maximum Gasteiger partial charge on any atom is 0.253 e. The van der Waals surface area contributed by atoms with Gasteiger partial charge < -0.3 is 15.0 Å². The van der Waals surface area contributed by atoms with Crippen LogP contribution in [-0.2, 0) is 9.53 Å². The monoisotopic (exact) mass is 324 g/mol. The van der Waals surface area contributed by atoms with Crippen molar-refractivity contribution < 1.29 is 14.3 Å². The van der Waals surface area contributed by atoms with Crippen LogP contribution in [0.4, 0.5) is 5.69 Å². The number of nitrogens with one attached hydrogen (secondary N) is 1. The van der Waals surface area contributed by atoms with Gasteiger partial charge in [0.05, 0.1) is 11.3 Å². The Morgan fingerprint density at radius 2 is 2.27 bits per heavy atom. The third-order valence-corrected chi connectivity index (χ3v) is 3.76. The summed E-state index contributed by atoms with van der Waals surface area (Å²) >= 11 is 6.02. The van der Waals surface area contributed by atoms with Gasteiger partial charge in [-0.25, -0.2) is 0 Å². The van der Waals surface area contributed by atoms with Gasteiger partial charge in [-0.15, -0.1) is 0 Å². The molecule has 0 aliphatic carbocycles. The lowest BCUT2D eigenvalue weighted by molar-refractivity contribution is -0.117. The van der Waals surface area contributed by atoms with E-state index in [1.165, 1.54) is 0 Å². The first-order valence-electron chi connectivity index (χ1n) is 7.59. The fourth-order valence-corrected chi connectivity index (χ4v) is 2.61. The maximum atomic E-state index is 12.3. The summed E-state index contributed by atoms with van der Waals surface area (Å²) in [5, 5.41) is 3.37. The Labute approximate surface area is 135 Å². The van der Waals surface area contributed by atoms with Gasteiger partial charge in [-0.1, -0.05) is 11.6 Å². The molecule has 0 aromatic heterocycles. The molecule has 120 valence electrons. The third-order valence-electron chi connectivity index (χ3n) is 3.52. The molecule has 1 aromatic carbocycles. The molecule has 0 saturated carbocycles. The molecule has 1 aliphatic rings. The van der Waals surface area contributed by atoms with Crippen molar-refractivity contribution in [3.8, 4) is 0 Å². The van der Waals surface area contributed by atoms with E-state index >= 15 is 0 Å². The standard InChI is InChI=1S/C16H21ClN2O3/c1-2-22-10-4-8-18-16(21)13-7-6-12(17)11-14(13)19-9-3-5-15(19)20/h6-7,11H,2-5,8-10H2,1H3,(H,18,21). The van der Waals surface area contributed by atoms with Gasteiger partial charge in [0, 0.05) is 37.7 Å². The highest BCUT2D eigenvalue weighted by Gasteiger charge is 2.26. The molecule has 0 bridgehead atoms. The molecule has 0 atom stereocenters. The van der Waals surface area contributed by atoms with E-state index in [2.05, 4.69) is 5.32 Å². The molecule has 1 aromatic rings. The average molecular weight is 325 g/mol. The first-order valence-corrected chi connectivity index (χ1v) is 7.97. The predicted octanol–water partition coefficient (Wildman–Crippen LogP) is 2.62. The number of carbonyl (C=O) groups excluding carboxylic acids is 2. The minimum atomic E-state index is -0.192. The quantitative estimate of drug-likeness (QED) is 0.784. The summed E-state index contributed by atoms with van der Waals surface area (Å²) in [6.45, 7) is 4.39. The summed E-state index contributed by atoms with van der Waals surface area (Å²) in [5.74, 6) is -0.157. The molecular formula is C16H21ClN2O3. The number of rotatable bonds is 7. The lowest BCUT2D eigenvalue weighted by atomic mass is 10.1. The van der Waals surface area contributed by atoms with Crippen LogP contribution in [0.1, 0.15) is 36.5 Å². The first kappa shape index (κ1) is 16.8. The Hall–Kier alpha value is -1.59. The second-order valence-corrected chi connectivity index (χ2v) is 5.55. The number of hydrogen-bond acceptors (Lipinski definition) is 3. The van der Waals surface area contributed by atoms with E-state index in [1.807, 2.05) is 6.92 Å². The number of halogens is 1. The number of amides is 2. The van der Waals surface area contributed by atoms with Crippen molar-refractivity contribution >= 4 is 29.1 Å². The smallest absolute Gasteiger partial charge is 0.253 e. The number of hydrogen-bond donors (Lipinski definition) is 1. The van der Waals surface area contributed by atoms with Crippen molar-refractivity contribution in [2.24, 2.45) is 0 Å². The first-order chi connectivity index (χ1) is 10.6. The Morgan fingerprint density at radius 1 is 1.45 bits per heavy atom. The zero-order valence-corrected chi connectivity index (χ0v) is 13.5. The van der Waals surface area contributed by atoms with Crippen LogP contribution in [0.15, 0.2) is 18.2 Å². The van der Waals surface area contributed by atoms with Crippen molar-refractivity contribution in [1.82, 2.24) is 5.32 Å². The molecule has 1 aliphatic heterocycles. The molecule has 1 heterocycles. The highest BCUT2D eigenvalue weighted by atomic mass is 35.5. The molecule has 22 heavy (non-hydrogen) atoms. The summed E-state index contributed by atoms with van der Waals surface area (Å²) in [6.07, 6.45) is 2.08. The third kappa shape index (κ3) is 4.21. The minimum absolute atomic E-state index is 0.0349. The fourth-order valence-electron chi connectivity index (χ4n) is 2.44. The maximum absolute atomic E-state index is 12.3. The van der Waals surface area contributed by atoms with Crippen LogP contribution >= 0.6 is 11.6 Å². The Kier molecular flexibility index (Phi) is 6.21. The van der Waals surface area contributed by atoms with E-state index in [-0.39, 0.29) is 11.8 Å². The number of benzene rings is 1. The van der Waals surface area contributed by atoms with Gasteiger partial charge in [-0.3, -0.25) is 9.59 Å². The van der Waals surface area contributed by atoms with E-state index in [0.717, 1.165) is 12.8 Å². The van der Waals surface area contributed by atoms with E-state index in [0.29, 0.717) is 49.0 Å². The highest BCUT2D eigenvalue weighted by molar-refractivity contribution is 6.31. The summed E-state index contributed by atoms with van der Waals surface area (Å²) in [7, 11) is 0. The molecule has 0 unspecified atom stereocenters. The van der Waals surface area contributed by atoms with Crippen LogP contribution in [0.5, 0.6) is 0 Å². The SMILES string of the molecule is CCOCCCNC(=O)c1ccc(Cl)cc1N1CCCC1=O. The van der Waals surface area contributed by atoms with Gasteiger partial charge in [-0.2, -0.15) is 0 Å². The summed E-state index contributed by atoms with van der Waals surface area (Å²) < 4.78 is 5.23. The normalized spacial score (nSPS) is 14.5. The van der Waals surface area contributed by atoms with E-state index in [1.54, 1.807) is 23.1 Å². The van der Waals surface area contributed by atoms with Crippen LogP contribution in [0.2, 0.25) is 5.02 Å². The van der Waals surface area contributed by atoms with Crippen molar-refractivity contribution in [2.75, 3.05) is 31.2 Å². The number of nitrogens with zero attached hydrogens (tertiary/aromatic N) is 1. The summed E-state index contributed by atoms with van der Waals surface area (Å²) in [6, 6.07) is 5.02. The molecule has 1 saturated heterocycles. The second-order valence-electron chi connectivity index (χ2n) is 5.12. The van der Waals surface area contributed by atoms with Gasteiger partial charge in [0.25, 0.3) is 5.91 Å². The lowest BCUT2D eigenvalue weighted by Gasteiger charge is -2.19. The van der Waals surface area contributed by atoms with Crippen LogP contribution in [0.25, 0.3) is 0 Å². The number of carbonyl (C=O) groups is 2. The van der Waals surface area contributed by atoms with E-state index in [9.17, 15) is 9.59 Å². The molecular weight excluding hydrogens is 304 g/mol. The zero-order chi connectivity index (χ0) is 15.9. The van der Waals surface area contributed by atoms with Gasteiger partial charge >= 0.3 is 0 Å². The second kappa shape index (κ2) is 8.15. The molecule has 0 spiro atoms. The fraction of sp³-hybridized carbons (Fsp3) is 0.500. The zero-order valence-electron chi connectivity index (χ0n) is 12.7. The molecule has 1 N–H and O–H groups in total. The van der Waals surface area contributed by atoms with Gasteiger partial charge in [0.1, 0.15) is 0 Å². The largest absolute Gasteiger partial charge is 0.382 e.